The van der Waals surface area contributed by atoms with Crippen LogP contribution >= 0.6 is 7.82 Å². The Hall–Kier alpha value is -0.490. The Labute approximate surface area is 204 Å². The lowest BCUT2D eigenvalue weighted by atomic mass is 9.43. The molecule has 2 N–H and O–H groups in total. The van der Waals surface area contributed by atoms with Gasteiger partial charge in [-0.2, -0.15) is 0 Å². The lowest BCUT2D eigenvalue weighted by molar-refractivity contribution is -0.153. The van der Waals surface area contributed by atoms with E-state index in [2.05, 4.69) is 32.2 Å². The second-order valence-electron chi connectivity index (χ2n) is 12.6. The zero-order chi connectivity index (χ0) is 24.9. The van der Waals surface area contributed by atoms with Crippen molar-refractivity contribution in [3.05, 3.63) is 0 Å². The van der Waals surface area contributed by atoms with E-state index in [0.29, 0.717) is 41.4 Å². The summed E-state index contributed by atoms with van der Waals surface area (Å²) in [7, 11) is -4.64. The van der Waals surface area contributed by atoms with Gasteiger partial charge in [0.25, 0.3) is 0 Å². The highest BCUT2D eigenvalue weighted by Crippen LogP contribution is 2.69. The number of carbonyl (C=O) groups excluding carboxylic acids is 1. The van der Waals surface area contributed by atoms with E-state index in [9.17, 15) is 9.36 Å². The van der Waals surface area contributed by atoms with Crippen LogP contribution in [0.25, 0.3) is 0 Å². The summed E-state index contributed by atoms with van der Waals surface area (Å²) >= 11 is 0. The van der Waals surface area contributed by atoms with Crippen LogP contribution in [0.3, 0.4) is 0 Å². The van der Waals surface area contributed by atoms with E-state index in [0.717, 1.165) is 38.0 Å². The Morgan fingerprint density at radius 1 is 1.09 bits per heavy atom. The van der Waals surface area contributed by atoms with Crippen LogP contribution < -0.4 is 0 Å². The molecule has 0 aromatic carbocycles. The molecule has 0 radical (unpaired) electrons. The molecule has 0 saturated heterocycles. The first-order valence-electron chi connectivity index (χ1n) is 13.3. The summed E-state index contributed by atoms with van der Waals surface area (Å²) in [6, 6.07) is 0. The molecule has 4 aliphatic carbocycles. The lowest BCUT2D eigenvalue weighted by Gasteiger charge is -2.62. The molecule has 4 rings (SSSR count). The monoisotopic (exact) mass is 502 g/mol. The van der Waals surface area contributed by atoms with Gasteiger partial charge >= 0.3 is 13.8 Å². The Kier molecular flexibility index (Phi) is 7.63. The van der Waals surface area contributed by atoms with Crippen molar-refractivity contribution in [3.63, 3.8) is 0 Å². The molecule has 0 spiro atoms. The lowest BCUT2D eigenvalue weighted by Crippen LogP contribution is -2.57. The number of alkyl halides is 1. The van der Waals surface area contributed by atoms with E-state index >= 15 is 4.39 Å². The summed E-state index contributed by atoms with van der Waals surface area (Å²) in [6.07, 6.45) is 9.10. The van der Waals surface area contributed by atoms with Crippen LogP contribution in [0.4, 0.5) is 4.39 Å². The largest absolute Gasteiger partial charge is 0.472 e. The fourth-order valence-corrected chi connectivity index (χ4v) is 9.33. The number of esters is 1. The Bertz CT molecular complexity index is 802. The number of ether oxygens (including phenoxy) is 1. The van der Waals surface area contributed by atoms with E-state index in [4.69, 9.17) is 14.5 Å². The molecular weight excluding hydrogens is 458 g/mol. The van der Waals surface area contributed by atoms with Crippen LogP contribution in [-0.4, -0.2) is 28.7 Å². The number of hydrogen-bond acceptors (Lipinski definition) is 4. The molecule has 0 aliphatic heterocycles. The molecule has 10 unspecified atom stereocenters. The molecule has 10 atom stereocenters. The van der Waals surface area contributed by atoms with Gasteiger partial charge in [0.15, 0.2) is 0 Å². The number of phosphoric ester groups is 1. The van der Waals surface area contributed by atoms with Gasteiger partial charge in [-0.05, 0) is 104 Å². The molecule has 4 fully saturated rings. The fraction of sp³-hybridized carbons (Fsp3) is 0.962. The molecular formula is C26H44FO6P. The highest BCUT2D eigenvalue weighted by molar-refractivity contribution is 7.46. The average Bonchev–Trinajstić information content (AvgIpc) is 3.09. The van der Waals surface area contributed by atoms with E-state index < -0.39 is 26.8 Å². The minimum atomic E-state index is -4.64. The molecule has 4 saturated carbocycles. The van der Waals surface area contributed by atoms with E-state index in [1.165, 1.54) is 19.3 Å². The number of carbonyl (C=O) groups is 1. The van der Waals surface area contributed by atoms with Crippen molar-refractivity contribution >= 4 is 13.8 Å². The van der Waals surface area contributed by atoms with Crippen LogP contribution in [-0.2, 0) is 18.6 Å². The molecule has 0 amide bonds. The van der Waals surface area contributed by atoms with Crippen molar-refractivity contribution in [1.29, 1.82) is 0 Å². The summed E-state index contributed by atoms with van der Waals surface area (Å²) < 4.78 is 35.6. The molecule has 0 aromatic heterocycles. The molecule has 196 valence electrons. The van der Waals surface area contributed by atoms with Gasteiger partial charge in [0.1, 0.15) is 6.17 Å². The smallest absolute Gasteiger partial charge is 0.438 e. The van der Waals surface area contributed by atoms with Crippen LogP contribution in [0.15, 0.2) is 0 Å². The summed E-state index contributed by atoms with van der Waals surface area (Å²) in [5.74, 6) is 2.63. The SMILES string of the molecule is CC1CCC2(C)C(C1)CC(F)C1C2CCC2(C)C(C(C)CCC(=O)OCOP(=O)(O)O)CCC12. The molecule has 6 nitrogen and oxygen atoms in total. The molecule has 4 aliphatic rings. The zero-order valence-corrected chi connectivity index (χ0v) is 22.1. The molecule has 8 heteroatoms. The molecule has 0 aromatic rings. The number of hydrogen-bond donors (Lipinski definition) is 2. The van der Waals surface area contributed by atoms with Gasteiger partial charge in [-0.15, -0.1) is 0 Å². The van der Waals surface area contributed by atoms with Crippen molar-refractivity contribution in [2.24, 2.45) is 52.3 Å². The minimum Gasteiger partial charge on any atom is -0.438 e. The highest BCUT2D eigenvalue weighted by atomic mass is 31.2. The number of rotatable bonds is 7. The first-order chi connectivity index (χ1) is 15.8. The predicted octanol–water partition coefficient (Wildman–Crippen LogP) is 6.26. The maximum atomic E-state index is 15.9. The third-order valence-corrected chi connectivity index (χ3v) is 11.3. The van der Waals surface area contributed by atoms with Crippen LogP contribution in [0.5, 0.6) is 0 Å². The van der Waals surface area contributed by atoms with Gasteiger partial charge < -0.3 is 14.5 Å². The minimum absolute atomic E-state index is 0.115. The quantitative estimate of drug-likeness (QED) is 0.243. The zero-order valence-electron chi connectivity index (χ0n) is 21.2. The Balaban J connectivity index is 1.38. The topological polar surface area (TPSA) is 93.1 Å². The standard InChI is InChI=1S/C26H44FO6P/c1-16-9-11-25(3)18(13-16)14-22(27)24-20-7-6-19(26(20,4)12-10-21(24)25)17(2)5-8-23(28)32-15-33-34(29,30)31/h16-22,24H,5-15H2,1-4H3,(H2,29,30,31). The van der Waals surface area contributed by atoms with Gasteiger partial charge in [-0.3, -0.25) is 4.79 Å². The maximum Gasteiger partial charge on any atom is 0.472 e. The van der Waals surface area contributed by atoms with Crippen molar-refractivity contribution < 1.29 is 32.8 Å². The molecule has 0 heterocycles. The first kappa shape index (κ1) is 26.6. The number of halogens is 1. The van der Waals surface area contributed by atoms with Crippen molar-refractivity contribution in [3.8, 4) is 0 Å². The van der Waals surface area contributed by atoms with E-state index in [1.54, 1.807) is 0 Å². The van der Waals surface area contributed by atoms with Crippen LogP contribution in [0, 0.1) is 52.3 Å². The first-order valence-corrected chi connectivity index (χ1v) is 14.9. The molecule has 34 heavy (non-hydrogen) atoms. The summed E-state index contributed by atoms with van der Waals surface area (Å²) in [5.41, 5.74) is 0.410. The second kappa shape index (κ2) is 9.76. The van der Waals surface area contributed by atoms with Gasteiger partial charge in [-0.1, -0.05) is 34.1 Å². The third kappa shape index (κ3) is 5.01. The fourth-order valence-electron chi connectivity index (χ4n) is 9.14. The van der Waals surface area contributed by atoms with Crippen molar-refractivity contribution in [1.82, 2.24) is 0 Å². The van der Waals surface area contributed by atoms with Crippen LogP contribution in [0.1, 0.15) is 91.9 Å². The Morgan fingerprint density at radius 2 is 1.76 bits per heavy atom. The van der Waals surface area contributed by atoms with E-state index in [-0.39, 0.29) is 17.8 Å². The average molecular weight is 503 g/mol. The number of phosphoric acid groups is 1. The van der Waals surface area contributed by atoms with Gasteiger partial charge in [0.2, 0.25) is 6.79 Å². The van der Waals surface area contributed by atoms with Gasteiger partial charge in [0, 0.05) is 6.42 Å². The summed E-state index contributed by atoms with van der Waals surface area (Å²) in [6.45, 7) is 8.66. The predicted molar refractivity (Wildman–Crippen MR) is 127 cm³/mol. The van der Waals surface area contributed by atoms with Crippen molar-refractivity contribution in [2.45, 2.75) is 98.1 Å². The van der Waals surface area contributed by atoms with Gasteiger partial charge in [-0.25, -0.2) is 13.5 Å². The second-order valence-corrected chi connectivity index (χ2v) is 13.9. The van der Waals surface area contributed by atoms with Gasteiger partial charge in [0.05, 0.1) is 0 Å². The summed E-state index contributed by atoms with van der Waals surface area (Å²) in [4.78, 5) is 29.4. The van der Waals surface area contributed by atoms with E-state index in [1.807, 2.05) is 0 Å². The maximum absolute atomic E-state index is 15.9. The van der Waals surface area contributed by atoms with Crippen LogP contribution in [0.2, 0.25) is 0 Å². The summed E-state index contributed by atoms with van der Waals surface area (Å²) in [5, 5.41) is 0. The third-order valence-electron chi connectivity index (χ3n) is 10.9. The number of fused-ring (bicyclic) bond motifs is 5. The molecule has 0 bridgehead atoms. The highest BCUT2D eigenvalue weighted by Gasteiger charge is 2.63. The normalized spacial score (nSPS) is 45.1. The van der Waals surface area contributed by atoms with Crippen molar-refractivity contribution in [2.75, 3.05) is 6.79 Å². The Morgan fingerprint density at radius 3 is 2.47 bits per heavy atom.